The van der Waals surface area contributed by atoms with Crippen molar-refractivity contribution in [3.8, 4) is 0 Å². The minimum atomic E-state index is -0.858. The number of ether oxygens (including phenoxy) is 1. The number of nitrogens with zero attached hydrogens (tertiary/aromatic N) is 1. The molecule has 1 aromatic heterocycles. The molecule has 0 bridgehead atoms. The van der Waals surface area contributed by atoms with Gasteiger partial charge >= 0.3 is 11.8 Å². The molecule has 0 saturated heterocycles. The van der Waals surface area contributed by atoms with E-state index < -0.39 is 23.8 Å². The lowest BCUT2D eigenvalue weighted by Gasteiger charge is -2.13. The second-order valence-electron chi connectivity index (χ2n) is 4.22. The monoisotopic (exact) mass is 293 g/mol. The van der Waals surface area contributed by atoms with Gasteiger partial charge in [-0.15, -0.1) is 0 Å². The first-order valence-corrected chi connectivity index (χ1v) is 6.37. The topological polar surface area (TPSA) is 103 Å². The Labute approximate surface area is 119 Å². The number of amides is 2. The molecule has 0 radical (unpaired) electrons. The molecule has 2 amide bonds. The van der Waals surface area contributed by atoms with Crippen molar-refractivity contribution in [2.24, 2.45) is 0 Å². The van der Waals surface area contributed by atoms with E-state index in [0.717, 1.165) is 0 Å². The standard InChI is InChI=1S/C13H15N3O5/c1-3-20-12(18)15-14-11(17)8(2)16-9-6-4-5-7-10(9)21-13(16)19/h4-8H,3H2,1-2H3,(H,14,17)(H,15,18). The van der Waals surface area contributed by atoms with Gasteiger partial charge in [-0.25, -0.2) is 15.0 Å². The molecule has 112 valence electrons. The van der Waals surface area contributed by atoms with Crippen LogP contribution in [0.3, 0.4) is 0 Å². The molecule has 2 rings (SSSR count). The molecule has 1 aromatic carbocycles. The minimum absolute atomic E-state index is 0.184. The van der Waals surface area contributed by atoms with Gasteiger partial charge in [-0.05, 0) is 26.0 Å². The average molecular weight is 293 g/mol. The molecule has 0 aliphatic carbocycles. The number of para-hydroxylation sites is 2. The highest BCUT2D eigenvalue weighted by molar-refractivity contribution is 5.84. The van der Waals surface area contributed by atoms with Gasteiger partial charge < -0.3 is 9.15 Å². The smallest absolute Gasteiger partial charge is 0.426 e. The van der Waals surface area contributed by atoms with Gasteiger partial charge in [-0.3, -0.25) is 14.8 Å². The fourth-order valence-corrected chi connectivity index (χ4v) is 1.85. The van der Waals surface area contributed by atoms with Crippen molar-refractivity contribution in [2.75, 3.05) is 6.61 Å². The molecule has 1 heterocycles. The first kappa shape index (κ1) is 14.6. The van der Waals surface area contributed by atoms with Crippen LogP contribution in [-0.2, 0) is 9.53 Å². The molecule has 0 saturated carbocycles. The van der Waals surface area contributed by atoms with Crippen molar-refractivity contribution in [1.29, 1.82) is 0 Å². The lowest BCUT2D eigenvalue weighted by molar-refractivity contribution is -0.124. The third-order valence-electron chi connectivity index (χ3n) is 2.85. The molecule has 8 nitrogen and oxygen atoms in total. The number of aromatic nitrogens is 1. The predicted molar refractivity (Wildman–Crippen MR) is 73.5 cm³/mol. The summed E-state index contributed by atoms with van der Waals surface area (Å²) in [5.74, 6) is -1.22. The summed E-state index contributed by atoms with van der Waals surface area (Å²) < 4.78 is 10.9. The molecule has 2 aromatic rings. The van der Waals surface area contributed by atoms with E-state index in [-0.39, 0.29) is 6.61 Å². The number of oxazole rings is 1. The molecule has 0 fully saturated rings. The van der Waals surface area contributed by atoms with Crippen LogP contribution in [0.1, 0.15) is 19.9 Å². The Kier molecular flexibility index (Phi) is 4.27. The van der Waals surface area contributed by atoms with Crippen molar-refractivity contribution >= 4 is 23.1 Å². The summed E-state index contributed by atoms with van der Waals surface area (Å²) in [5, 5.41) is 0. The van der Waals surface area contributed by atoms with Crippen LogP contribution < -0.4 is 16.6 Å². The molecule has 8 heteroatoms. The highest BCUT2D eigenvalue weighted by Gasteiger charge is 2.21. The van der Waals surface area contributed by atoms with Crippen LogP contribution in [-0.4, -0.2) is 23.2 Å². The fourth-order valence-electron chi connectivity index (χ4n) is 1.85. The molecule has 0 aliphatic rings. The molecule has 1 atom stereocenters. The van der Waals surface area contributed by atoms with Gasteiger partial charge in [0.25, 0.3) is 5.91 Å². The molecule has 0 spiro atoms. The SMILES string of the molecule is CCOC(=O)NNC(=O)C(C)n1c(=O)oc2ccccc21. The van der Waals surface area contributed by atoms with E-state index in [1.165, 1.54) is 11.5 Å². The van der Waals surface area contributed by atoms with E-state index in [1.54, 1.807) is 31.2 Å². The maximum Gasteiger partial charge on any atom is 0.426 e. The summed E-state index contributed by atoms with van der Waals surface area (Å²) in [6.07, 6.45) is -0.776. The fraction of sp³-hybridized carbons (Fsp3) is 0.308. The van der Waals surface area contributed by atoms with Crippen molar-refractivity contribution in [3.63, 3.8) is 0 Å². The third kappa shape index (κ3) is 3.04. The van der Waals surface area contributed by atoms with Gasteiger partial charge in [0, 0.05) is 0 Å². The lowest BCUT2D eigenvalue weighted by atomic mass is 10.2. The van der Waals surface area contributed by atoms with Gasteiger partial charge in [0.05, 0.1) is 12.1 Å². The molecule has 2 N–H and O–H groups in total. The zero-order chi connectivity index (χ0) is 15.4. The van der Waals surface area contributed by atoms with Gasteiger partial charge in [0.1, 0.15) is 6.04 Å². The maximum absolute atomic E-state index is 12.0. The average Bonchev–Trinajstić information content (AvgIpc) is 2.80. The van der Waals surface area contributed by atoms with Crippen LogP contribution in [0.25, 0.3) is 11.1 Å². The first-order valence-electron chi connectivity index (χ1n) is 6.37. The quantitative estimate of drug-likeness (QED) is 0.820. The predicted octanol–water partition coefficient (Wildman–Crippen LogP) is 0.933. The maximum atomic E-state index is 12.0. The van der Waals surface area contributed by atoms with Crippen molar-refractivity contribution in [2.45, 2.75) is 19.9 Å². The number of fused-ring (bicyclic) bond motifs is 1. The third-order valence-corrected chi connectivity index (χ3v) is 2.85. The van der Waals surface area contributed by atoms with Crippen molar-refractivity contribution in [1.82, 2.24) is 15.4 Å². The lowest BCUT2D eigenvalue weighted by Crippen LogP contribution is -2.45. The Hall–Kier alpha value is -2.77. The number of nitrogens with one attached hydrogen (secondary N) is 2. The van der Waals surface area contributed by atoms with Crippen molar-refractivity contribution < 1.29 is 18.7 Å². The summed E-state index contributed by atoms with van der Waals surface area (Å²) in [5.41, 5.74) is 5.16. The van der Waals surface area contributed by atoms with Crippen LogP contribution in [0.15, 0.2) is 33.5 Å². The van der Waals surface area contributed by atoms with Crippen LogP contribution in [0.5, 0.6) is 0 Å². The molecular formula is C13H15N3O5. The van der Waals surface area contributed by atoms with Crippen LogP contribution >= 0.6 is 0 Å². The van der Waals surface area contributed by atoms with E-state index >= 15 is 0 Å². The number of hydrazine groups is 1. The van der Waals surface area contributed by atoms with Gasteiger partial charge in [-0.2, -0.15) is 0 Å². The molecule has 1 unspecified atom stereocenters. The number of rotatable bonds is 3. The van der Waals surface area contributed by atoms with Gasteiger partial charge in [0.2, 0.25) is 0 Å². The summed E-state index contributed by atoms with van der Waals surface area (Å²) in [6, 6.07) is 5.90. The normalized spacial score (nSPS) is 11.9. The zero-order valence-corrected chi connectivity index (χ0v) is 11.6. The highest BCUT2D eigenvalue weighted by Crippen LogP contribution is 2.16. The number of carbonyl (C=O) groups is 2. The number of carbonyl (C=O) groups excluding carboxylic acids is 2. The summed E-state index contributed by atoms with van der Waals surface area (Å²) in [4.78, 5) is 34.9. The second-order valence-corrected chi connectivity index (χ2v) is 4.22. The second kappa shape index (κ2) is 6.12. The molecule has 21 heavy (non-hydrogen) atoms. The van der Waals surface area contributed by atoms with Crippen molar-refractivity contribution in [3.05, 3.63) is 34.8 Å². The molecule has 0 aliphatic heterocycles. The van der Waals surface area contributed by atoms with Gasteiger partial charge in [0.15, 0.2) is 5.58 Å². The van der Waals surface area contributed by atoms with E-state index in [0.29, 0.717) is 11.1 Å². The Bertz CT molecular complexity index is 718. The Morgan fingerprint density at radius 2 is 2.05 bits per heavy atom. The van der Waals surface area contributed by atoms with Crippen LogP contribution in [0, 0.1) is 0 Å². The Balaban J connectivity index is 2.16. The largest absolute Gasteiger partial charge is 0.449 e. The van der Waals surface area contributed by atoms with E-state index in [1.807, 2.05) is 0 Å². The number of hydrogen-bond acceptors (Lipinski definition) is 5. The minimum Gasteiger partial charge on any atom is -0.449 e. The first-order chi connectivity index (χ1) is 10.0. The Morgan fingerprint density at radius 3 is 2.76 bits per heavy atom. The van der Waals surface area contributed by atoms with E-state index in [4.69, 9.17) is 4.42 Å². The van der Waals surface area contributed by atoms with Crippen LogP contribution in [0.2, 0.25) is 0 Å². The molecular weight excluding hydrogens is 278 g/mol. The van der Waals surface area contributed by atoms with E-state index in [9.17, 15) is 14.4 Å². The summed E-state index contributed by atoms with van der Waals surface area (Å²) in [6.45, 7) is 3.34. The summed E-state index contributed by atoms with van der Waals surface area (Å²) in [7, 11) is 0. The van der Waals surface area contributed by atoms with Crippen LogP contribution in [0.4, 0.5) is 4.79 Å². The Morgan fingerprint density at radius 1 is 1.33 bits per heavy atom. The summed E-state index contributed by atoms with van der Waals surface area (Å²) >= 11 is 0. The zero-order valence-electron chi connectivity index (χ0n) is 11.6. The van der Waals surface area contributed by atoms with E-state index in [2.05, 4.69) is 15.6 Å². The highest BCUT2D eigenvalue weighted by atomic mass is 16.6. The van der Waals surface area contributed by atoms with Gasteiger partial charge in [-0.1, -0.05) is 12.1 Å². The number of hydrogen-bond donors (Lipinski definition) is 2. The number of benzene rings is 1.